The zero-order valence-electron chi connectivity index (χ0n) is 11.0. The van der Waals surface area contributed by atoms with Gasteiger partial charge in [0.05, 0.1) is 0 Å². The molecular formula is C14H20N2O2. The lowest BCUT2D eigenvalue weighted by Gasteiger charge is -2.34. The summed E-state index contributed by atoms with van der Waals surface area (Å²) in [6.45, 7) is 3.92. The highest BCUT2D eigenvalue weighted by molar-refractivity contribution is 5.95. The summed E-state index contributed by atoms with van der Waals surface area (Å²) in [6, 6.07) is 8.44. The Morgan fingerprint density at radius 3 is 3.00 bits per heavy atom. The molecule has 1 atom stereocenters. The molecule has 98 valence electrons. The number of benzene rings is 1. The summed E-state index contributed by atoms with van der Waals surface area (Å²) in [7, 11) is 1.55. The van der Waals surface area contributed by atoms with Crippen LogP contribution in [-0.2, 0) is 9.53 Å². The molecule has 1 aromatic rings. The highest BCUT2D eigenvalue weighted by atomic mass is 16.5. The number of amides is 1. The predicted octanol–water partition coefficient (Wildman–Crippen LogP) is 1.72. The number of nitrogens with one attached hydrogen (secondary N) is 1. The number of anilines is 1. The van der Waals surface area contributed by atoms with E-state index in [0.717, 1.165) is 25.2 Å². The molecule has 1 amide bonds. The number of ether oxygens (including phenoxy) is 1. The lowest BCUT2D eigenvalue weighted by Crippen LogP contribution is -2.41. The molecule has 0 fully saturated rings. The number of fused-ring (bicyclic) bond motifs is 1. The Hall–Kier alpha value is -1.39. The molecule has 1 unspecified atom stereocenters. The first kappa shape index (κ1) is 13.1. The second kappa shape index (κ2) is 5.98. The van der Waals surface area contributed by atoms with Crippen LogP contribution in [0.5, 0.6) is 0 Å². The normalized spacial score (nSPS) is 18.6. The first-order valence-electron chi connectivity index (χ1n) is 6.39. The van der Waals surface area contributed by atoms with Crippen molar-refractivity contribution >= 4 is 11.6 Å². The van der Waals surface area contributed by atoms with Crippen molar-refractivity contribution in [2.75, 3.05) is 31.7 Å². The summed E-state index contributed by atoms with van der Waals surface area (Å²) < 4.78 is 4.94. The lowest BCUT2D eigenvalue weighted by molar-refractivity contribution is -0.122. The van der Waals surface area contributed by atoms with Crippen LogP contribution in [0.2, 0.25) is 0 Å². The monoisotopic (exact) mass is 248 g/mol. The van der Waals surface area contributed by atoms with Gasteiger partial charge in [0.15, 0.2) is 0 Å². The van der Waals surface area contributed by atoms with Crippen molar-refractivity contribution in [2.24, 2.45) is 0 Å². The van der Waals surface area contributed by atoms with Crippen LogP contribution < -0.4 is 10.2 Å². The lowest BCUT2D eigenvalue weighted by atomic mass is 9.96. The molecular weight excluding hydrogens is 228 g/mol. The van der Waals surface area contributed by atoms with E-state index in [0.29, 0.717) is 6.04 Å². The van der Waals surface area contributed by atoms with Gasteiger partial charge in [-0.1, -0.05) is 25.1 Å². The average Bonchev–Trinajstić information content (AvgIpc) is 2.39. The van der Waals surface area contributed by atoms with E-state index >= 15 is 0 Å². The molecule has 0 spiro atoms. The van der Waals surface area contributed by atoms with Crippen molar-refractivity contribution < 1.29 is 9.53 Å². The SMILES string of the molecule is CCNC1CCN(C(=O)COC)c2ccccc21. The Balaban J connectivity index is 2.27. The Bertz CT molecular complexity index is 420. The largest absolute Gasteiger partial charge is 0.375 e. The van der Waals surface area contributed by atoms with Crippen molar-refractivity contribution in [2.45, 2.75) is 19.4 Å². The van der Waals surface area contributed by atoms with Crippen LogP contribution in [0.4, 0.5) is 5.69 Å². The van der Waals surface area contributed by atoms with Gasteiger partial charge in [-0.2, -0.15) is 0 Å². The highest BCUT2D eigenvalue weighted by Gasteiger charge is 2.27. The Morgan fingerprint density at radius 1 is 1.50 bits per heavy atom. The quantitative estimate of drug-likeness (QED) is 0.882. The maximum atomic E-state index is 12.0. The van der Waals surface area contributed by atoms with Gasteiger partial charge in [0.2, 0.25) is 0 Å². The van der Waals surface area contributed by atoms with Crippen molar-refractivity contribution in [1.82, 2.24) is 5.32 Å². The van der Waals surface area contributed by atoms with Gasteiger partial charge in [0.1, 0.15) is 6.61 Å². The zero-order chi connectivity index (χ0) is 13.0. The maximum absolute atomic E-state index is 12.0. The number of rotatable bonds is 4. The molecule has 0 radical (unpaired) electrons. The van der Waals surface area contributed by atoms with E-state index in [1.54, 1.807) is 7.11 Å². The third-order valence-corrected chi connectivity index (χ3v) is 3.26. The van der Waals surface area contributed by atoms with Gasteiger partial charge in [0, 0.05) is 25.4 Å². The third kappa shape index (κ3) is 2.54. The van der Waals surface area contributed by atoms with Gasteiger partial charge in [-0.25, -0.2) is 0 Å². The second-order valence-corrected chi connectivity index (χ2v) is 4.44. The summed E-state index contributed by atoms with van der Waals surface area (Å²) in [5, 5.41) is 3.46. The Morgan fingerprint density at radius 2 is 2.28 bits per heavy atom. The summed E-state index contributed by atoms with van der Waals surface area (Å²) in [6.07, 6.45) is 0.945. The minimum atomic E-state index is 0.0277. The average molecular weight is 248 g/mol. The van der Waals surface area contributed by atoms with Crippen molar-refractivity contribution in [3.05, 3.63) is 29.8 Å². The number of carbonyl (C=O) groups excluding carboxylic acids is 1. The topological polar surface area (TPSA) is 41.6 Å². The van der Waals surface area contributed by atoms with E-state index in [9.17, 15) is 4.79 Å². The van der Waals surface area contributed by atoms with E-state index in [1.165, 1.54) is 5.56 Å². The molecule has 4 heteroatoms. The molecule has 18 heavy (non-hydrogen) atoms. The number of hydrogen-bond donors (Lipinski definition) is 1. The van der Waals surface area contributed by atoms with Gasteiger partial charge >= 0.3 is 0 Å². The smallest absolute Gasteiger partial charge is 0.252 e. The summed E-state index contributed by atoms with van der Waals surface area (Å²) >= 11 is 0. The van der Waals surface area contributed by atoms with Crippen molar-refractivity contribution in [3.8, 4) is 0 Å². The fourth-order valence-corrected chi connectivity index (χ4v) is 2.48. The number of nitrogens with zero attached hydrogens (tertiary/aromatic N) is 1. The van der Waals surface area contributed by atoms with Gasteiger partial charge in [-0.05, 0) is 24.6 Å². The van der Waals surface area contributed by atoms with Crippen molar-refractivity contribution in [3.63, 3.8) is 0 Å². The van der Waals surface area contributed by atoms with Gasteiger partial charge in [-0.15, -0.1) is 0 Å². The molecule has 0 aliphatic carbocycles. The molecule has 2 rings (SSSR count). The molecule has 0 bridgehead atoms. The molecule has 0 aromatic heterocycles. The number of hydrogen-bond acceptors (Lipinski definition) is 3. The van der Waals surface area contributed by atoms with E-state index in [2.05, 4.69) is 18.3 Å². The minimum absolute atomic E-state index is 0.0277. The van der Waals surface area contributed by atoms with Crippen LogP contribution in [0.1, 0.15) is 24.9 Å². The molecule has 1 heterocycles. The van der Waals surface area contributed by atoms with E-state index < -0.39 is 0 Å². The maximum Gasteiger partial charge on any atom is 0.252 e. The number of para-hydroxylation sites is 1. The van der Waals surface area contributed by atoms with Crippen LogP contribution in [0.3, 0.4) is 0 Å². The zero-order valence-corrected chi connectivity index (χ0v) is 11.0. The summed E-state index contributed by atoms with van der Waals surface area (Å²) in [5.74, 6) is 0.0277. The van der Waals surface area contributed by atoms with Crippen LogP contribution in [0.15, 0.2) is 24.3 Å². The number of carbonyl (C=O) groups is 1. The molecule has 1 N–H and O–H groups in total. The third-order valence-electron chi connectivity index (χ3n) is 3.26. The van der Waals surface area contributed by atoms with E-state index in [4.69, 9.17) is 4.74 Å². The highest BCUT2D eigenvalue weighted by Crippen LogP contribution is 2.33. The van der Waals surface area contributed by atoms with Crippen molar-refractivity contribution in [1.29, 1.82) is 0 Å². The van der Waals surface area contributed by atoms with Gasteiger partial charge in [0.25, 0.3) is 5.91 Å². The Labute approximate surface area is 108 Å². The minimum Gasteiger partial charge on any atom is -0.375 e. The van der Waals surface area contributed by atoms with E-state index in [1.807, 2.05) is 23.1 Å². The van der Waals surface area contributed by atoms with Crippen LogP contribution in [0.25, 0.3) is 0 Å². The van der Waals surface area contributed by atoms with Crippen LogP contribution >= 0.6 is 0 Å². The van der Waals surface area contributed by atoms with Gasteiger partial charge < -0.3 is 15.0 Å². The standard InChI is InChI=1S/C14H20N2O2/c1-3-15-12-8-9-16(14(17)10-18-2)13-7-5-4-6-11(12)13/h4-7,12,15H,3,8-10H2,1-2H3. The molecule has 4 nitrogen and oxygen atoms in total. The molecule has 1 aromatic carbocycles. The second-order valence-electron chi connectivity index (χ2n) is 4.44. The van der Waals surface area contributed by atoms with Crippen LogP contribution in [-0.4, -0.2) is 32.7 Å². The van der Waals surface area contributed by atoms with Crippen LogP contribution in [0, 0.1) is 0 Å². The first-order valence-corrected chi connectivity index (χ1v) is 6.39. The Kier molecular flexibility index (Phi) is 4.33. The molecule has 1 aliphatic heterocycles. The fraction of sp³-hybridized carbons (Fsp3) is 0.500. The van der Waals surface area contributed by atoms with E-state index in [-0.39, 0.29) is 12.5 Å². The summed E-state index contributed by atoms with van der Waals surface area (Å²) in [4.78, 5) is 13.8. The molecule has 0 saturated heterocycles. The predicted molar refractivity (Wildman–Crippen MR) is 71.7 cm³/mol. The fourth-order valence-electron chi connectivity index (χ4n) is 2.48. The molecule has 1 aliphatic rings. The first-order chi connectivity index (χ1) is 8.77. The van der Waals surface area contributed by atoms with Gasteiger partial charge in [-0.3, -0.25) is 4.79 Å². The summed E-state index contributed by atoms with van der Waals surface area (Å²) in [5.41, 5.74) is 2.21. The molecule has 0 saturated carbocycles. The number of methoxy groups -OCH3 is 1.